The lowest BCUT2D eigenvalue weighted by molar-refractivity contribution is -0.384. The van der Waals surface area contributed by atoms with Gasteiger partial charge in [-0.1, -0.05) is 42.5 Å². The Balaban J connectivity index is 1.92. The summed E-state index contributed by atoms with van der Waals surface area (Å²) in [5.41, 5.74) is -6.46. The molecule has 0 radical (unpaired) electrons. The Bertz CT molecular complexity index is 1380. The van der Waals surface area contributed by atoms with Gasteiger partial charge in [0.15, 0.2) is 0 Å². The third-order valence-corrected chi connectivity index (χ3v) is 6.08. The summed E-state index contributed by atoms with van der Waals surface area (Å²) in [4.78, 5) is 14.2. The fourth-order valence-electron chi connectivity index (χ4n) is 4.01. The van der Waals surface area contributed by atoms with Crippen LogP contribution in [0.1, 0.15) is 36.3 Å². The zero-order valence-corrected chi connectivity index (χ0v) is 20.4. The summed E-state index contributed by atoms with van der Waals surface area (Å²) in [6.07, 6.45) is -8.62. The number of rotatable bonds is 5. The van der Waals surface area contributed by atoms with Crippen molar-refractivity contribution in [2.45, 2.75) is 49.9 Å². The summed E-state index contributed by atoms with van der Waals surface area (Å²) in [6, 6.07) is 7.01. The number of allylic oxidation sites excluding steroid dienone is 1. The molecule has 1 aliphatic rings. The van der Waals surface area contributed by atoms with Crippen molar-refractivity contribution in [3.63, 3.8) is 0 Å². The van der Waals surface area contributed by atoms with E-state index in [1.54, 1.807) is 18.2 Å². The molecule has 0 amide bonds. The van der Waals surface area contributed by atoms with Crippen LogP contribution in [0.3, 0.4) is 0 Å². The van der Waals surface area contributed by atoms with E-state index in [4.69, 9.17) is 9.15 Å². The fourth-order valence-corrected chi connectivity index (χ4v) is 4.01. The Morgan fingerprint density at radius 1 is 1.15 bits per heavy atom. The van der Waals surface area contributed by atoms with Crippen molar-refractivity contribution in [3.8, 4) is 11.6 Å². The number of pyridine rings is 1. The second kappa shape index (κ2) is 11.2. The van der Waals surface area contributed by atoms with Crippen LogP contribution in [0.4, 0.5) is 37.8 Å². The van der Waals surface area contributed by atoms with E-state index in [1.165, 1.54) is 24.3 Å². The molecule has 4 rings (SSSR count). The van der Waals surface area contributed by atoms with Crippen molar-refractivity contribution in [2.24, 2.45) is 0 Å². The standard InChI is InChI=1S/C24H21F6N5O5/c25-23(26,27)16-11-17(35(37)38)18-20-33-34-21(40-20)22(24(28,29)30,39-13-14-7-3-1-4-8-14)10-6-2-5-9-15(12-36)31-19(16)32-18/h1-5,7-8,11,15,36H,6,9-10,12-13H2,(H,31,32)/b5-2-. The van der Waals surface area contributed by atoms with E-state index in [2.05, 4.69) is 20.5 Å². The maximum Gasteiger partial charge on any atom is 0.426 e. The first-order valence-electron chi connectivity index (χ1n) is 11.7. The average Bonchev–Trinajstić information content (AvgIpc) is 3.38. The van der Waals surface area contributed by atoms with Crippen LogP contribution in [0.5, 0.6) is 0 Å². The molecule has 16 heteroatoms. The van der Waals surface area contributed by atoms with Crippen LogP contribution in [0.15, 0.2) is 53.0 Å². The van der Waals surface area contributed by atoms with Gasteiger partial charge in [-0.25, -0.2) is 4.98 Å². The van der Waals surface area contributed by atoms with E-state index in [0.717, 1.165) is 0 Å². The molecule has 3 aromatic rings. The summed E-state index contributed by atoms with van der Waals surface area (Å²) in [5, 5.41) is 30.7. The number of aliphatic hydroxyl groups excluding tert-OH is 1. The highest BCUT2D eigenvalue weighted by Crippen LogP contribution is 2.47. The molecular formula is C24H21F6N5O5. The quantitative estimate of drug-likeness (QED) is 0.174. The van der Waals surface area contributed by atoms with E-state index in [-0.39, 0.29) is 18.9 Å². The predicted octanol–water partition coefficient (Wildman–Crippen LogP) is 5.55. The Labute approximate surface area is 221 Å². The first-order valence-corrected chi connectivity index (χ1v) is 11.7. The molecule has 0 aliphatic carbocycles. The Morgan fingerprint density at radius 3 is 2.50 bits per heavy atom. The van der Waals surface area contributed by atoms with Crippen molar-refractivity contribution in [2.75, 3.05) is 11.9 Å². The number of aromatic nitrogens is 3. The minimum atomic E-state index is -5.13. The second-order valence-electron chi connectivity index (χ2n) is 8.79. The van der Waals surface area contributed by atoms with Crippen LogP contribution in [-0.4, -0.2) is 44.0 Å². The molecule has 0 saturated carbocycles. The number of ether oxygens (including phenoxy) is 1. The summed E-state index contributed by atoms with van der Waals surface area (Å²) in [6.45, 7) is -1.21. The van der Waals surface area contributed by atoms with E-state index in [1.807, 2.05) is 0 Å². The smallest absolute Gasteiger partial charge is 0.415 e. The van der Waals surface area contributed by atoms with Gasteiger partial charge < -0.3 is 19.6 Å². The number of nitrogens with zero attached hydrogens (tertiary/aromatic N) is 4. The van der Waals surface area contributed by atoms with E-state index < -0.39 is 83.1 Å². The molecule has 1 aromatic carbocycles. The van der Waals surface area contributed by atoms with Gasteiger partial charge in [0.1, 0.15) is 11.4 Å². The number of hydrogen-bond donors (Lipinski definition) is 2. The second-order valence-corrected chi connectivity index (χ2v) is 8.79. The van der Waals surface area contributed by atoms with Gasteiger partial charge in [0.05, 0.1) is 24.2 Å². The molecule has 10 nitrogen and oxygen atoms in total. The van der Waals surface area contributed by atoms with E-state index >= 15 is 0 Å². The number of alkyl halides is 6. The molecule has 2 atom stereocenters. The Kier molecular flexibility index (Phi) is 8.11. The topological polar surface area (TPSA) is 136 Å². The Morgan fingerprint density at radius 2 is 1.88 bits per heavy atom. The maximum absolute atomic E-state index is 14.7. The normalized spacial score (nSPS) is 20.8. The lowest BCUT2D eigenvalue weighted by Crippen LogP contribution is -2.45. The summed E-state index contributed by atoms with van der Waals surface area (Å²) < 4.78 is 96.1. The van der Waals surface area contributed by atoms with Crippen LogP contribution in [0.25, 0.3) is 11.6 Å². The monoisotopic (exact) mass is 573 g/mol. The number of aliphatic hydroxyl groups is 1. The lowest BCUT2D eigenvalue weighted by atomic mass is 9.95. The highest BCUT2D eigenvalue weighted by atomic mass is 19.4. The molecule has 2 unspecified atom stereocenters. The zero-order chi connectivity index (χ0) is 29.1. The van der Waals surface area contributed by atoms with Gasteiger partial charge in [-0.15, -0.1) is 10.2 Å². The number of benzene rings is 1. The molecule has 3 heterocycles. The van der Waals surface area contributed by atoms with Gasteiger partial charge in [-0.05, 0) is 24.8 Å². The highest BCUT2D eigenvalue weighted by Gasteiger charge is 2.61. The number of nitro groups is 1. The summed E-state index contributed by atoms with van der Waals surface area (Å²) in [7, 11) is 0. The highest BCUT2D eigenvalue weighted by molar-refractivity contribution is 5.68. The van der Waals surface area contributed by atoms with Crippen molar-refractivity contribution in [1.29, 1.82) is 0 Å². The summed E-state index contributed by atoms with van der Waals surface area (Å²) >= 11 is 0. The van der Waals surface area contributed by atoms with Gasteiger partial charge in [-0.3, -0.25) is 10.1 Å². The number of halogens is 6. The molecular weight excluding hydrogens is 552 g/mol. The molecule has 4 bridgehead atoms. The van der Waals surface area contributed by atoms with E-state index in [0.29, 0.717) is 5.56 Å². The van der Waals surface area contributed by atoms with Gasteiger partial charge >= 0.3 is 18.0 Å². The van der Waals surface area contributed by atoms with E-state index in [9.17, 15) is 41.6 Å². The van der Waals surface area contributed by atoms with Crippen molar-refractivity contribution >= 4 is 11.5 Å². The first kappa shape index (κ1) is 28.9. The van der Waals surface area contributed by atoms with Gasteiger partial charge in [0, 0.05) is 6.07 Å². The molecule has 0 fully saturated rings. The Hall–Kier alpha value is -4.05. The predicted molar refractivity (Wildman–Crippen MR) is 126 cm³/mol. The molecule has 1 aliphatic heterocycles. The number of fused-ring (bicyclic) bond motifs is 5. The molecule has 40 heavy (non-hydrogen) atoms. The SMILES string of the molecule is O=[N+]([O-])c1cc(C(F)(F)F)c2nc1-c1nnc(o1)C(OCc1ccccc1)(C(F)(F)F)CC/C=C\CC(CO)N2. The average molecular weight is 573 g/mol. The number of hydrogen-bond acceptors (Lipinski definition) is 9. The van der Waals surface area contributed by atoms with Crippen LogP contribution in [-0.2, 0) is 23.1 Å². The molecule has 0 saturated heterocycles. The van der Waals surface area contributed by atoms with Gasteiger partial charge in [-0.2, -0.15) is 26.3 Å². The van der Waals surface area contributed by atoms with Crippen LogP contribution < -0.4 is 5.32 Å². The zero-order valence-electron chi connectivity index (χ0n) is 20.4. The third kappa shape index (κ3) is 5.91. The molecule has 2 N–H and O–H groups in total. The van der Waals surface area contributed by atoms with Crippen LogP contribution in [0, 0.1) is 10.1 Å². The number of nitrogens with one attached hydrogen (secondary N) is 1. The molecule has 0 spiro atoms. The largest absolute Gasteiger partial charge is 0.426 e. The van der Waals surface area contributed by atoms with Crippen LogP contribution >= 0.6 is 0 Å². The third-order valence-electron chi connectivity index (χ3n) is 6.08. The summed E-state index contributed by atoms with van der Waals surface area (Å²) in [5.74, 6) is -2.95. The minimum Gasteiger partial charge on any atom is -0.415 e. The van der Waals surface area contributed by atoms with Crippen molar-refractivity contribution in [1.82, 2.24) is 15.2 Å². The first-order chi connectivity index (χ1) is 18.9. The van der Waals surface area contributed by atoms with Crippen molar-refractivity contribution in [3.05, 3.63) is 75.7 Å². The van der Waals surface area contributed by atoms with Crippen molar-refractivity contribution < 1.29 is 45.5 Å². The number of anilines is 1. The van der Waals surface area contributed by atoms with Crippen LogP contribution in [0.2, 0.25) is 0 Å². The molecule has 2 aromatic heterocycles. The lowest BCUT2D eigenvalue weighted by Gasteiger charge is -2.32. The molecule has 214 valence electrons. The minimum absolute atomic E-state index is 0.107. The van der Waals surface area contributed by atoms with Gasteiger partial charge in [0.2, 0.25) is 11.3 Å². The maximum atomic E-state index is 14.7. The van der Waals surface area contributed by atoms with Gasteiger partial charge in [0.25, 0.3) is 11.8 Å². The fraction of sp³-hybridized carbons (Fsp3) is 0.375.